The van der Waals surface area contributed by atoms with Gasteiger partial charge in [0.15, 0.2) is 23.4 Å². The number of aliphatic imine (C=N–C) groups is 1. The summed E-state index contributed by atoms with van der Waals surface area (Å²) in [6.07, 6.45) is 2.35. The lowest BCUT2D eigenvalue weighted by atomic mass is 10.1. The molecule has 1 aliphatic rings. The van der Waals surface area contributed by atoms with E-state index in [4.69, 9.17) is 9.26 Å². The van der Waals surface area contributed by atoms with Gasteiger partial charge in [0, 0.05) is 7.05 Å². The third-order valence-corrected chi connectivity index (χ3v) is 4.18. The van der Waals surface area contributed by atoms with E-state index in [1.54, 1.807) is 20.0 Å². The smallest absolute Gasteiger partial charge is 0.246 e. The molecule has 26 heavy (non-hydrogen) atoms. The molecule has 1 fully saturated rings. The van der Waals surface area contributed by atoms with Gasteiger partial charge in [-0.25, -0.2) is 4.39 Å². The molecular weight excluding hydrogens is 337 g/mol. The van der Waals surface area contributed by atoms with Gasteiger partial charge in [-0.2, -0.15) is 4.98 Å². The van der Waals surface area contributed by atoms with Crippen molar-refractivity contribution in [1.29, 1.82) is 0 Å². The molecule has 3 rings (SSSR count). The minimum atomic E-state index is -0.346. The topological polar surface area (TPSA) is 84.6 Å². The molecule has 0 bridgehead atoms. The first kappa shape index (κ1) is 18.2. The molecule has 2 aromatic rings. The van der Waals surface area contributed by atoms with E-state index in [1.807, 2.05) is 13.0 Å². The maximum Gasteiger partial charge on any atom is 0.246 e. The van der Waals surface area contributed by atoms with Gasteiger partial charge < -0.3 is 19.9 Å². The molecule has 1 aliphatic carbocycles. The van der Waals surface area contributed by atoms with Gasteiger partial charge in [0.1, 0.15) is 0 Å². The highest BCUT2D eigenvalue weighted by molar-refractivity contribution is 5.80. The highest BCUT2D eigenvalue weighted by Crippen LogP contribution is 2.30. The van der Waals surface area contributed by atoms with Crippen molar-refractivity contribution in [3.8, 4) is 5.75 Å². The lowest BCUT2D eigenvalue weighted by Crippen LogP contribution is -2.38. The lowest BCUT2D eigenvalue weighted by molar-refractivity contribution is 0.285. The molecule has 7 nitrogen and oxygen atoms in total. The van der Waals surface area contributed by atoms with Crippen molar-refractivity contribution in [2.45, 2.75) is 39.3 Å². The normalized spacial score (nSPS) is 15.6. The Morgan fingerprint density at radius 3 is 2.88 bits per heavy atom. The van der Waals surface area contributed by atoms with Gasteiger partial charge in [-0.3, -0.25) is 4.99 Å². The van der Waals surface area contributed by atoms with Gasteiger partial charge in [0.25, 0.3) is 0 Å². The first-order valence-electron chi connectivity index (χ1n) is 8.73. The summed E-state index contributed by atoms with van der Waals surface area (Å²) >= 11 is 0. The van der Waals surface area contributed by atoms with Gasteiger partial charge in [-0.05, 0) is 50.3 Å². The van der Waals surface area contributed by atoms with Crippen LogP contribution in [0.4, 0.5) is 4.39 Å². The second-order valence-electron chi connectivity index (χ2n) is 6.47. The SMILES string of the molecule is CN=C(NCc1nc(C)no1)NC(C)c1ccc(OCC2CC2)c(F)c1. The highest BCUT2D eigenvalue weighted by Gasteiger charge is 2.22. The molecule has 1 heterocycles. The largest absolute Gasteiger partial charge is 0.490 e. The van der Waals surface area contributed by atoms with Crippen LogP contribution in [0.5, 0.6) is 5.75 Å². The zero-order valence-corrected chi connectivity index (χ0v) is 15.3. The Kier molecular flexibility index (Phi) is 5.70. The summed E-state index contributed by atoms with van der Waals surface area (Å²) in [5.41, 5.74) is 0.804. The van der Waals surface area contributed by atoms with Crippen molar-refractivity contribution in [3.63, 3.8) is 0 Å². The standard InChI is InChI=1S/C18H24FN5O2/c1-11(22-18(20-3)21-9-17-23-12(2)24-26-17)14-6-7-16(15(19)8-14)25-10-13-4-5-13/h6-8,11,13H,4-5,9-10H2,1-3H3,(H2,20,21,22). The summed E-state index contributed by atoms with van der Waals surface area (Å²) in [5.74, 6) is 2.16. The summed E-state index contributed by atoms with van der Waals surface area (Å²) in [5, 5.41) is 10.0. The van der Waals surface area contributed by atoms with Gasteiger partial charge in [0.05, 0.1) is 19.2 Å². The number of hydrogen-bond donors (Lipinski definition) is 2. The third kappa shape index (κ3) is 4.93. The summed E-state index contributed by atoms with van der Waals surface area (Å²) in [7, 11) is 1.66. The number of ether oxygens (including phenoxy) is 1. The fourth-order valence-corrected chi connectivity index (χ4v) is 2.45. The highest BCUT2D eigenvalue weighted by atomic mass is 19.1. The molecule has 1 saturated carbocycles. The second-order valence-corrected chi connectivity index (χ2v) is 6.47. The minimum Gasteiger partial charge on any atom is -0.490 e. The maximum atomic E-state index is 14.2. The van der Waals surface area contributed by atoms with Crippen molar-refractivity contribution in [2.75, 3.05) is 13.7 Å². The Morgan fingerprint density at radius 1 is 1.46 bits per heavy atom. The van der Waals surface area contributed by atoms with E-state index < -0.39 is 0 Å². The molecule has 2 N–H and O–H groups in total. The van der Waals surface area contributed by atoms with E-state index in [-0.39, 0.29) is 11.9 Å². The molecule has 0 saturated heterocycles. The number of benzene rings is 1. The van der Waals surface area contributed by atoms with Gasteiger partial charge in [-0.1, -0.05) is 11.2 Å². The fraction of sp³-hybridized carbons (Fsp3) is 0.500. The van der Waals surface area contributed by atoms with Crippen LogP contribution in [-0.2, 0) is 6.54 Å². The second kappa shape index (κ2) is 8.16. The van der Waals surface area contributed by atoms with Crippen LogP contribution >= 0.6 is 0 Å². The number of halogens is 1. The molecule has 0 amide bonds. The van der Waals surface area contributed by atoms with Crippen LogP contribution in [-0.4, -0.2) is 29.8 Å². The zero-order valence-electron chi connectivity index (χ0n) is 15.3. The first-order valence-corrected chi connectivity index (χ1v) is 8.73. The number of aryl methyl sites for hydroxylation is 1. The molecular formula is C18H24FN5O2. The molecule has 1 aromatic heterocycles. The molecule has 8 heteroatoms. The van der Waals surface area contributed by atoms with E-state index in [0.29, 0.717) is 42.5 Å². The number of nitrogens with one attached hydrogen (secondary N) is 2. The predicted molar refractivity (Wildman–Crippen MR) is 95.4 cm³/mol. The molecule has 0 radical (unpaired) electrons. The van der Waals surface area contributed by atoms with Crippen molar-refractivity contribution in [1.82, 2.24) is 20.8 Å². The van der Waals surface area contributed by atoms with Crippen LogP contribution in [0, 0.1) is 18.7 Å². The fourth-order valence-electron chi connectivity index (χ4n) is 2.45. The Hall–Kier alpha value is -2.64. The summed E-state index contributed by atoms with van der Waals surface area (Å²) in [6, 6.07) is 4.90. The van der Waals surface area contributed by atoms with Crippen LogP contribution in [0.25, 0.3) is 0 Å². The van der Waals surface area contributed by atoms with Gasteiger partial charge >= 0.3 is 0 Å². The molecule has 1 unspecified atom stereocenters. The van der Waals surface area contributed by atoms with Crippen LogP contribution < -0.4 is 15.4 Å². The quantitative estimate of drug-likeness (QED) is 0.583. The number of rotatable bonds is 7. The molecule has 1 aromatic carbocycles. The average Bonchev–Trinajstić information content (AvgIpc) is 3.37. The monoisotopic (exact) mass is 361 g/mol. The maximum absolute atomic E-state index is 14.2. The van der Waals surface area contributed by atoms with Crippen LogP contribution in [0.2, 0.25) is 0 Å². The Morgan fingerprint density at radius 2 is 2.27 bits per heavy atom. The van der Waals surface area contributed by atoms with E-state index >= 15 is 0 Å². The van der Waals surface area contributed by atoms with Crippen molar-refractivity contribution < 1.29 is 13.7 Å². The number of guanidine groups is 1. The Balaban J connectivity index is 1.54. The Labute approximate surface area is 152 Å². The molecule has 0 aliphatic heterocycles. The third-order valence-electron chi connectivity index (χ3n) is 4.18. The van der Waals surface area contributed by atoms with Crippen LogP contribution in [0.15, 0.2) is 27.7 Å². The van der Waals surface area contributed by atoms with Crippen molar-refractivity contribution >= 4 is 5.96 Å². The van der Waals surface area contributed by atoms with E-state index in [0.717, 1.165) is 5.56 Å². The molecule has 0 spiro atoms. The van der Waals surface area contributed by atoms with E-state index in [1.165, 1.54) is 18.9 Å². The van der Waals surface area contributed by atoms with E-state index in [2.05, 4.69) is 25.8 Å². The number of aromatic nitrogens is 2. The average molecular weight is 361 g/mol. The summed E-state index contributed by atoms with van der Waals surface area (Å²) < 4.78 is 24.8. The van der Waals surface area contributed by atoms with Crippen LogP contribution in [0.1, 0.15) is 43.1 Å². The van der Waals surface area contributed by atoms with Crippen molar-refractivity contribution in [3.05, 3.63) is 41.3 Å². The summed E-state index contributed by atoms with van der Waals surface area (Å²) in [6.45, 7) is 4.64. The van der Waals surface area contributed by atoms with Gasteiger partial charge in [-0.15, -0.1) is 0 Å². The lowest BCUT2D eigenvalue weighted by Gasteiger charge is -2.18. The summed E-state index contributed by atoms with van der Waals surface area (Å²) in [4.78, 5) is 8.28. The van der Waals surface area contributed by atoms with Gasteiger partial charge in [0.2, 0.25) is 5.89 Å². The number of hydrogen-bond acceptors (Lipinski definition) is 5. The first-order chi connectivity index (χ1) is 12.5. The van der Waals surface area contributed by atoms with Crippen molar-refractivity contribution in [2.24, 2.45) is 10.9 Å². The molecule has 140 valence electrons. The Bertz CT molecular complexity index is 773. The predicted octanol–water partition coefficient (Wildman–Crippen LogP) is 2.73. The number of nitrogens with zero attached hydrogens (tertiary/aromatic N) is 3. The molecule has 1 atom stereocenters. The zero-order chi connectivity index (χ0) is 18.5. The van der Waals surface area contributed by atoms with Crippen LogP contribution in [0.3, 0.4) is 0 Å². The van der Waals surface area contributed by atoms with E-state index in [9.17, 15) is 4.39 Å². The minimum absolute atomic E-state index is 0.141.